The Morgan fingerprint density at radius 1 is 1.21 bits per heavy atom. The molecule has 1 aliphatic heterocycles. The van der Waals surface area contributed by atoms with Crippen molar-refractivity contribution in [3.05, 3.63) is 54.1 Å². The fourth-order valence-corrected chi connectivity index (χ4v) is 5.27. The number of halogens is 1. The molecule has 6 nitrogen and oxygen atoms in total. The zero-order valence-corrected chi connectivity index (χ0v) is 16.2. The minimum atomic E-state index is -3.55. The quantitative estimate of drug-likeness (QED) is 0.573. The molecule has 1 N–H and O–H groups in total. The molecule has 2 aromatic heterocycles. The fourth-order valence-electron chi connectivity index (χ4n) is 4.02. The van der Waals surface area contributed by atoms with Crippen LogP contribution < -0.4 is 0 Å². The summed E-state index contributed by atoms with van der Waals surface area (Å²) in [6.45, 7) is 2.84. The van der Waals surface area contributed by atoms with Crippen LogP contribution in [0.4, 0.5) is 4.39 Å². The number of aromatic amines is 1. The number of hydrogen-bond donors (Lipinski definition) is 1. The van der Waals surface area contributed by atoms with Gasteiger partial charge in [-0.3, -0.25) is 5.10 Å². The zero-order chi connectivity index (χ0) is 19.7. The van der Waals surface area contributed by atoms with Gasteiger partial charge in [-0.1, -0.05) is 0 Å². The van der Waals surface area contributed by atoms with Crippen molar-refractivity contribution in [2.75, 3.05) is 19.5 Å². The van der Waals surface area contributed by atoms with Crippen molar-refractivity contribution in [3.8, 4) is 5.69 Å². The van der Waals surface area contributed by atoms with Crippen LogP contribution in [-0.4, -0.2) is 42.7 Å². The highest BCUT2D eigenvalue weighted by Crippen LogP contribution is 2.43. The number of ether oxygens (including phenoxy) is 1. The summed E-state index contributed by atoms with van der Waals surface area (Å²) in [4.78, 5) is 0.286. The molecule has 1 aliphatic rings. The number of benzene rings is 2. The molecule has 0 aliphatic carbocycles. The number of rotatable bonds is 3. The predicted molar refractivity (Wildman–Crippen MR) is 104 cm³/mol. The van der Waals surface area contributed by atoms with Crippen LogP contribution in [0.3, 0.4) is 0 Å². The molecule has 0 saturated carbocycles. The van der Waals surface area contributed by atoms with Crippen LogP contribution in [0.15, 0.2) is 47.5 Å². The molecule has 1 fully saturated rings. The van der Waals surface area contributed by atoms with Crippen LogP contribution in [0.25, 0.3) is 27.5 Å². The molecule has 0 amide bonds. The van der Waals surface area contributed by atoms with E-state index in [1.807, 2.05) is 23.6 Å². The number of hydrogen-bond acceptors (Lipinski definition) is 4. The normalized spacial score (nSPS) is 16.5. The van der Waals surface area contributed by atoms with Gasteiger partial charge in [-0.25, -0.2) is 12.8 Å². The highest BCUT2D eigenvalue weighted by atomic mass is 32.2. The largest absolute Gasteiger partial charge is 0.379 e. The Morgan fingerprint density at radius 2 is 1.93 bits per heavy atom. The zero-order valence-electron chi connectivity index (χ0n) is 15.4. The third-order valence-corrected chi connectivity index (χ3v) is 6.50. The first-order valence-corrected chi connectivity index (χ1v) is 10.7. The smallest absolute Gasteiger partial charge is 0.177 e. The second-order valence-corrected chi connectivity index (χ2v) is 9.59. The average molecular weight is 399 g/mol. The highest BCUT2D eigenvalue weighted by Gasteiger charge is 2.43. The summed E-state index contributed by atoms with van der Waals surface area (Å²) in [5, 5.41) is 8.45. The molecule has 0 atom stereocenters. The molecule has 0 radical (unpaired) electrons. The van der Waals surface area contributed by atoms with Crippen molar-refractivity contribution in [2.24, 2.45) is 0 Å². The van der Waals surface area contributed by atoms with Crippen LogP contribution >= 0.6 is 0 Å². The Hall–Kier alpha value is -2.71. The molecular formula is C20H18FN3O3S. The minimum Gasteiger partial charge on any atom is -0.379 e. The van der Waals surface area contributed by atoms with Crippen molar-refractivity contribution in [1.29, 1.82) is 0 Å². The molecule has 5 rings (SSSR count). The third-order valence-electron chi connectivity index (χ3n) is 5.35. The van der Waals surface area contributed by atoms with Crippen molar-refractivity contribution >= 4 is 31.6 Å². The Kier molecular flexibility index (Phi) is 3.51. The molecule has 8 heteroatoms. The van der Waals surface area contributed by atoms with Gasteiger partial charge in [0, 0.05) is 22.7 Å². The molecule has 144 valence electrons. The van der Waals surface area contributed by atoms with Gasteiger partial charge in [-0.15, -0.1) is 0 Å². The van der Waals surface area contributed by atoms with Gasteiger partial charge in [0.25, 0.3) is 0 Å². The van der Waals surface area contributed by atoms with E-state index in [2.05, 4.69) is 10.2 Å². The molecule has 0 unspecified atom stereocenters. The highest BCUT2D eigenvalue weighted by molar-refractivity contribution is 7.91. The lowest BCUT2D eigenvalue weighted by molar-refractivity contribution is -0.0540. The first kappa shape index (κ1) is 17.4. The third kappa shape index (κ3) is 2.41. The Morgan fingerprint density at radius 3 is 2.54 bits per heavy atom. The van der Waals surface area contributed by atoms with E-state index >= 15 is 0 Å². The van der Waals surface area contributed by atoms with E-state index in [-0.39, 0.29) is 10.7 Å². The Bertz CT molecular complexity index is 1330. The van der Waals surface area contributed by atoms with Crippen molar-refractivity contribution in [1.82, 2.24) is 14.8 Å². The maximum atomic E-state index is 13.6. The van der Waals surface area contributed by atoms with Gasteiger partial charge in [0.2, 0.25) is 0 Å². The summed E-state index contributed by atoms with van der Waals surface area (Å²) in [5.41, 5.74) is 2.41. The van der Waals surface area contributed by atoms with Gasteiger partial charge in [0.15, 0.2) is 9.84 Å². The summed E-state index contributed by atoms with van der Waals surface area (Å²) in [7, 11) is -3.55. The molecule has 1 saturated heterocycles. The van der Waals surface area contributed by atoms with E-state index < -0.39 is 15.3 Å². The summed E-state index contributed by atoms with van der Waals surface area (Å²) >= 11 is 0. The summed E-state index contributed by atoms with van der Waals surface area (Å²) in [5.74, 6) is -0.347. The monoisotopic (exact) mass is 399 g/mol. The number of nitrogens with one attached hydrogen (secondary N) is 1. The standard InChI is InChI=1S/C20H18FN3O3S/c1-20(10-27-11-20)19-18(28(2,25)26)15-8-16-12(9-22-23-16)7-17(15)24(19)14-5-3-13(21)4-6-14/h3-9H,10-11H2,1-2H3,(H,22,23). The van der Waals surface area contributed by atoms with Crippen molar-refractivity contribution in [3.63, 3.8) is 0 Å². The molecule has 2 aromatic carbocycles. The van der Waals surface area contributed by atoms with Crippen LogP contribution in [0.2, 0.25) is 0 Å². The molecule has 4 aromatic rings. The lowest BCUT2D eigenvalue weighted by Gasteiger charge is -2.39. The Balaban J connectivity index is 2.00. The summed E-state index contributed by atoms with van der Waals surface area (Å²) in [6, 6.07) is 9.81. The molecule has 0 bridgehead atoms. The van der Waals surface area contributed by atoms with Gasteiger partial charge in [0.05, 0.1) is 46.4 Å². The van der Waals surface area contributed by atoms with Crippen molar-refractivity contribution < 1.29 is 17.5 Å². The van der Waals surface area contributed by atoms with E-state index in [0.29, 0.717) is 30.0 Å². The van der Waals surface area contributed by atoms with E-state index in [9.17, 15) is 12.8 Å². The molecular weight excluding hydrogens is 381 g/mol. The number of sulfone groups is 1. The number of H-pyrrole nitrogens is 1. The molecule has 28 heavy (non-hydrogen) atoms. The van der Waals surface area contributed by atoms with Gasteiger partial charge in [0.1, 0.15) is 5.82 Å². The maximum Gasteiger partial charge on any atom is 0.177 e. The van der Waals surface area contributed by atoms with Crippen LogP contribution in [0.5, 0.6) is 0 Å². The molecule has 3 heterocycles. The lowest BCUT2D eigenvalue weighted by Crippen LogP contribution is -2.46. The van der Waals surface area contributed by atoms with Crippen LogP contribution in [0.1, 0.15) is 12.6 Å². The second-order valence-electron chi connectivity index (χ2n) is 7.64. The van der Waals surface area contributed by atoms with Gasteiger partial charge in [-0.05, 0) is 43.3 Å². The number of aromatic nitrogens is 3. The van der Waals surface area contributed by atoms with E-state index in [1.54, 1.807) is 18.3 Å². The summed E-state index contributed by atoms with van der Waals surface area (Å²) in [6.07, 6.45) is 2.92. The van der Waals surface area contributed by atoms with Gasteiger partial charge in [-0.2, -0.15) is 5.10 Å². The van der Waals surface area contributed by atoms with Gasteiger partial charge < -0.3 is 9.30 Å². The SMILES string of the molecule is CC1(c2c(S(C)(=O)=O)c3cc4[nH]ncc4cc3n2-c2ccc(F)cc2)COC1. The minimum absolute atomic E-state index is 0.286. The van der Waals surface area contributed by atoms with E-state index in [4.69, 9.17) is 4.74 Å². The fraction of sp³-hybridized carbons (Fsp3) is 0.250. The predicted octanol–water partition coefficient (Wildman–Crippen LogP) is 3.34. The van der Waals surface area contributed by atoms with Crippen LogP contribution in [0, 0.1) is 5.82 Å². The van der Waals surface area contributed by atoms with Gasteiger partial charge >= 0.3 is 0 Å². The van der Waals surface area contributed by atoms with Crippen LogP contribution in [-0.2, 0) is 20.0 Å². The topological polar surface area (TPSA) is 77.0 Å². The first-order valence-electron chi connectivity index (χ1n) is 8.84. The maximum absolute atomic E-state index is 13.6. The Labute approximate surface area is 160 Å². The number of fused-ring (bicyclic) bond motifs is 2. The average Bonchev–Trinajstić information content (AvgIpc) is 3.19. The van der Waals surface area contributed by atoms with Crippen molar-refractivity contribution in [2.45, 2.75) is 17.2 Å². The van der Waals surface area contributed by atoms with E-state index in [0.717, 1.165) is 16.4 Å². The lowest BCUT2D eigenvalue weighted by atomic mass is 9.84. The second kappa shape index (κ2) is 5.65. The van der Waals surface area contributed by atoms with E-state index in [1.165, 1.54) is 18.4 Å². The molecule has 0 spiro atoms. The summed E-state index contributed by atoms with van der Waals surface area (Å²) < 4.78 is 46.7. The number of nitrogens with zero attached hydrogens (tertiary/aromatic N) is 2. The first-order chi connectivity index (χ1) is 13.3.